The molecule has 0 saturated carbocycles. The molecule has 3 amide bonds. The van der Waals surface area contributed by atoms with E-state index in [1.54, 1.807) is 30.3 Å². The number of hydrogen-bond acceptors (Lipinski definition) is 5. The highest BCUT2D eigenvalue weighted by atomic mass is 32.1. The molecule has 0 bridgehead atoms. The number of primary amides is 2. The molecular weight excluding hydrogens is 404 g/mol. The van der Waals surface area contributed by atoms with Gasteiger partial charge in [-0.1, -0.05) is 48.5 Å². The number of thiophene rings is 1. The van der Waals surface area contributed by atoms with E-state index in [2.05, 4.69) is 10.6 Å². The molecule has 0 aliphatic carbocycles. The van der Waals surface area contributed by atoms with Crippen LogP contribution in [-0.2, 0) is 11.3 Å². The molecule has 0 radical (unpaired) electrons. The number of hydrogen-bond donors (Lipinski definition) is 5. The molecular formula is C21H20N4O4S. The highest BCUT2D eigenvalue weighted by Gasteiger charge is 2.19. The van der Waals surface area contributed by atoms with Gasteiger partial charge in [-0.2, -0.15) is 0 Å². The number of rotatable bonds is 8. The molecule has 0 aliphatic heterocycles. The Hall–Kier alpha value is -3.69. The van der Waals surface area contributed by atoms with Gasteiger partial charge in [0.2, 0.25) is 0 Å². The van der Waals surface area contributed by atoms with E-state index in [0.29, 0.717) is 17.0 Å². The lowest BCUT2D eigenvalue weighted by Crippen LogP contribution is -2.28. The van der Waals surface area contributed by atoms with Crippen LogP contribution in [0, 0.1) is 0 Å². The van der Waals surface area contributed by atoms with Crippen molar-refractivity contribution in [1.29, 1.82) is 0 Å². The fourth-order valence-electron chi connectivity index (χ4n) is 2.97. The summed E-state index contributed by atoms with van der Waals surface area (Å²) in [4.78, 5) is 35.2. The Morgan fingerprint density at radius 1 is 1.00 bits per heavy atom. The smallest absolute Gasteiger partial charge is 0.325 e. The Morgan fingerprint density at radius 2 is 1.73 bits per heavy atom. The molecule has 0 unspecified atom stereocenters. The van der Waals surface area contributed by atoms with E-state index in [9.17, 15) is 19.5 Å². The maximum atomic E-state index is 11.7. The Bertz CT molecular complexity index is 1080. The molecule has 0 saturated heterocycles. The molecule has 2 aromatic carbocycles. The molecule has 1 heterocycles. The first-order chi connectivity index (χ1) is 14.3. The number of carbonyl (C=O) groups excluding carboxylic acids is 2. The second-order valence-corrected chi connectivity index (χ2v) is 7.52. The van der Waals surface area contributed by atoms with Crippen LogP contribution >= 0.6 is 11.3 Å². The SMILES string of the molecule is NC(=O)Nc1sc(-c2cccc(CN[C@H](C(=O)O)c3ccccc3)c2)cc1C(N)=O. The van der Waals surface area contributed by atoms with E-state index in [0.717, 1.165) is 11.1 Å². The molecule has 30 heavy (non-hydrogen) atoms. The quantitative estimate of drug-likeness (QED) is 0.377. The van der Waals surface area contributed by atoms with Crippen molar-refractivity contribution in [3.63, 3.8) is 0 Å². The van der Waals surface area contributed by atoms with Gasteiger partial charge >= 0.3 is 12.0 Å². The number of aliphatic carboxylic acids is 1. The molecule has 0 spiro atoms. The zero-order valence-corrected chi connectivity index (χ0v) is 16.6. The Labute approximate surface area is 176 Å². The minimum Gasteiger partial charge on any atom is -0.480 e. The van der Waals surface area contributed by atoms with Crippen molar-refractivity contribution in [1.82, 2.24) is 5.32 Å². The number of anilines is 1. The van der Waals surface area contributed by atoms with Gasteiger partial charge < -0.3 is 16.6 Å². The zero-order valence-electron chi connectivity index (χ0n) is 15.8. The van der Waals surface area contributed by atoms with E-state index in [1.807, 2.05) is 30.3 Å². The standard InChI is InChI=1S/C21H20N4O4S/c22-18(26)15-10-16(30-19(15)25-21(23)29)14-8-4-5-12(9-14)11-24-17(20(27)28)13-6-2-1-3-7-13/h1-10,17,24H,11H2,(H2,22,26)(H,27,28)(H3,23,25,29)/t17-/m0/s1. The van der Waals surface area contributed by atoms with Gasteiger partial charge in [-0.25, -0.2) is 4.79 Å². The van der Waals surface area contributed by atoms with E-state index in [1.165, 1.54) is 11.3 Å². The van der Waals surface area contributed by atoms with Crippen LogP contribution in [0.15, 0.2) is 60.7 Å². The summed E-state index contributed by atoms with van der Waals surface area (Å²) < 4.78 is 0. The summed E-state index contributed by atoms with van der Waals surface area (Å²) in [7, 11) is 0. The van der Waals surface area contributed by atoms with Crippen LogP contribution in [0.1, 0.15) is 27.5 Å². The number of benzene rings is 2. The van der Waals surface area contributed by atoms with Crippen molar-refractivity contribution in [2.45, 2.75) is 12.6 Å². The first-order valence-corrected chi connectivity index (χ1v) is 9.77. The average molecular weight is 424 g/mol. The van der Waals surface area contributed by atoms with E-state index >= 15 is 0 Å². The largest absolute Gasteiger partial charge is 0.480 e. The molecule has 0 fully saturated rings. The van der Waals surface area contributed by atoms with Gasteiger partial charge in [0.15, 0.2) is 0 Å². The van der Waals surface area contributed by atoms with Gasteiger partial charge in [-0.3, -0.25) is 20.2 Å². The van der Waals surface area contributed by atoms with Gasteiger partial charge in [0.1, 0.15) is 11.0 Å². The van der Waals surface area contributed by atoms with Crippen molar-refractivity contribution in [3.8, 4) is 10.4 Å². The summed E-state index contributed by atoms with van der Waals surface area (Å²) in [6, 6.07) is 16.3. The summed E-state index contributed by atoms with van der Waals surface area (Å²) in [6.07, 6.45) is 0. The number of amides is 3. The number of carboxylic acid groups (broad SMARTS) is 1. The van der Waals surface area contributed by atoms with Crippen molar-refractivity contribution < 1.29 is 19.5 Å². The molecule has 0 aliphatic rings. The number of carboxylic acids is 1. The zero-order chi connectivity index (χ0) is 21.7. The molecule has 8 nitrogen and oxygen atoms in total. The van der Waals surface area contributed by atoms with Crippen LogP contribution in [-0.4, -0.2) is 23.0 Å². The van der Waals surface area contributed by atoms with E-state index in [-0.39, 0.29) is 10.6 Å². The van der Waals surface area contributed by atoms with Crippen molar-refractivity contribution in [3.05, 3.63) is 77.4 Å². The van der Waals surface area contributed by atoms with Crippen LogP contribution in [0.5, 0.6) is 0 Å². The molecule has 1 atom stereocenters. The van der Waals surface area contributed by atoms with Crippen LogP contribution in [0.25, 0.3) is 10.4 Å². The lowest BCUT2D eigenvalue weighted by molar-refractivity contribution is -0.139. The van der Waals surface area contributed by atoms with Gasteiger partial charge in [0.05, 0.1) is 5.56 Å². The van der Waals surface area contributed by atoms with Crippen molar-refractivity contribution in [2.75, 3.05) is 5.32 Å². The van der Waals surface area contributed by atoms with E-state index in [4.69, 9.17) is 11.5 Å². The van der Waals surface area contributed by atoms with Gasteiger partial charge in [0.25, 0.3) is 5.91 Å². The van der Waals surface area contributed by atoms with E-state index < -0.39 is 23.9 Å². The summed E-state index contributed by atoms with van der Waals surface area (Å²) in [5, 5.41) is 15.3. The lowest BCUT2D eigenvalue weighted by Gasteiger charge is -2.15. The molecule has 3 rings (SSSR count). The Kier molecular flexibility index (Phi) is 6.45. The number of carbonyl (C=O) groups is 3. The van der Waals surface area contributed by atoms with Crippen LogP contribution in [0.2, 0.25) is 0 Å². The first-order valence-electron chi connectivity index (χ1n) is 8.95. The predicted molar refractivity (Wildman–Crippen MR) is 115 cm³/mol. The topological polar surface area (TPSA) is 148 Å². The third kappa shape index (κ3) is 5.02. The maximum absolute atomic E-state index is 11.7. The summed E-state index contributed by atoms with van der Waals surface area (Å²) in [5.74, 6) is -1.64. The minimum absolute atomic E-state index is 0.173. The Balaban J connectivity index is 1.82. The summed E-state index contributed by atoms with van der Waals surface area (Å²) in [6.45, 7) is 0.320. The molecule has 1 aromatic heterocycles. The first kappa shape index (κ1) is 21.0. The fourth-order valence-corrected chi connectivity index (χ4v) is 4.03. The average Bonchev–Trinajstić information content (AvgIpc) is 3.12. The third-order valence-corrected chi connectivity index (χ3v) is 5.44. The highest BCUT2D eigenvalue weighted by molar-refractivity contribution is 7.20. The van der Waals surface area contributed by atoms with Crippen LogP contribution < -0.4 is 22.1 Å². The van der Waals surface area contributed by atoms with Crippen molar-refractivity contribution in [2.24, 2.45) is 11.5 Å². The normalized spacial score (nSPS) is 11.6. The second kappa shape index (κ2) is 9.21. The third-order valence-electron chi connectivity index (χ3n) is 4.34. The van der Waals surface area contributed by atoms with Gasteiger partial charge in [-0.05, 0) is 28.8 Å². The van der Waals surface area contributed by atoms with Crippen LogP contribution in [0.3, 0.4) is 0 Å². The number of nitrogens with two attached hydrogens (primary N) is 2. The molecule has 7 N–H and O–H groups in total. The summed E-state index contributed by atoms with van der Waals surface area (Å²) >= 11 is 1.18. The van der Waals surface area contributed by atoms with Crippen LogP contribution in [0.4, 0.5) is 9.80 Å². The minimum atomic E-state index is -0.969. The van der Waals surface area contributed by atoms with Gasteiger partial charge in [-0.15, -0.1) is 11.3 Å². The fraction of sp³-hybridized carbons (Fsp3) is 0.0952. The highest BCUT2D eigenvalue weighted by Crippen LogP contribution is 2.35. The second-order valence-electron chi connectivity index (χ2n) is 6.47. The summed E-state index contributed by atoms with van der Waals surface area (Å²) in [5.41, 5.74) is 13.0. The predicted octanol–water partition coefficient (Wildman–Crippen LogP) is 2.92. The molecule has 154 valence electrons. The van der Waals surface area contributed by atoms with Gasteiger partial charge in [0, 0.05) is 11.4 Å². The monoisotopic (exact) mass is 424 g/mol. The number of nitrogens with one attached hydrogen (secondary N) is 2. The number of urea groups is 1. The lowest BCUT2D eigenvalue weighted by atomic mass is 10.1. The molecule has 3 aromatic rings. The van der Waals surface area contributed by atoms with Crippen molar-refractivity contribution >= 4 is 34.2 Å². The Morgan fingerprint density at radius 3 is 2.37 bits per heavy atom. The molecule has 9 heteroatoms. The maximum Gasteiger partial charge on any atom is 0.325 e.